The highest BCUT2D eigenvalue weighted by Gasteiger charge is 2.27. The van der Waals surface area contributed by atoms with E-state index in [9.17, 15) is 18.0 Å². The van der Waals surface area contributed by atoms with Crippen LogP contribution in [0.5, 0.6) is 0 Å². The topological polar surface area (TPSA) is 64.4 Å². The van der Waals surface area contributed by atoms with Gasteiger partial charge in [0.2, 0.25) is 5.91 Å². The first kappa shape index (κ1) is 18.4. The van der Waals surface area contributed by atoms with Gasteiger partial charge in [0.05, 0.1) is 12.6 Å². The number of halogens is 3. The minimum atomic E-state index is -4.33. The van der Waals surface area contributed by atoms with Crippen molar-refractivity contribution in [2.24, 2.45) is 5.73 Å². The van der Waals surface area contributed by atoms with Gasteiger partial charge in [-0.3, -0.25) is 4.79 Å². The third-order valence-electron chi connectivity index (χ3n) is 2.93. The first-order chi connectivity index (χ1) is 10.3. The van der Waals surface area contributed by atoms with E-state index in [0.717, 1.165) is 12.0 Å². The summed E-state index contributed by atoms with van der Waals surface area (Å²) >= 11 is 0. The zero-order chi connectivity index (χ0) is 16.6. The highest BCUT2D eigenvalue weighted by molar-refractivity contribution is 5.81. The molecule has 0 radical (unpaired) electrons. The van der Waals surface area contributed by atoms with E-state index in [2.05, 4.69) is 10.1 Å². The van der Waals surface area contributed by atoms with Gasteiger partial charge >= 0.3 is 6.18 Å². The van der Waals surface area contributed by atoms with Crippen LogP contribution in [0.25, 0.3) is 0 Å². The van der Waals surface area contributed by atoms with Crippen molar-refractivity contribution in [2.75, 3.05) is 6.61 Å². The Morgan fingerprint density at radius 3 is 2.68 bits per heavy atom. The van der Waals surface area contributed by atoms with Gasteiger partial charge in [-0.25, -0.2) is 0 Å². The van der Waals surface area contributed by atoms with Crippen LogP contribution in [0.3, 0.4) is 0 Å². The molecule has 0 aromatic heterocycles. The SMILES string of the molecule is CCCC(N)C(=O)NCc1cccc(COCC(F)(F)F)c1. The normalized spacial score (nSPS) is 13.0. The van der Waals surface area contributed by atoms with Crippen molar-refractivity contribution >= 4 is 5.91 Å². The van der Waals surface area contributed by atoms with E-state index in [4.69, 9.17) is 5.73 Å². The number of alkyl halides is 3. The van der Waals surface area contributed by atoms with Gasteiger partial charge in [0.1, 0.15) is 6.61 Å². The fraction of sp³-hybridized carbons (Fsp3) is 0.533. The first-order valence-corrected chi connectivity index (χ1v) is 7.07. The Kier molecular flexibility index (Phi) is 7.34. The van der Waals surface area contributed by atoms with Crippen molar-refractivity contribution in [1.29, 1.82) is 0 Å². The lowest BCUT2D eigenvalue weighted by Crippen LogP contribution is -2.40. The summed E-state index contributed by atoms with van der Waals surface area (Å²) in [6.45, 7) is 0.817. The molecule has 0 saturated carbocycles. The van der Waals surface area contributed by atoms with Crippen molar-refractivity contribution < 1.29 is 22.7 Å². The van der Waals surface area contributed by atoms with Gasteiger partial charge in [-0.2, -0.15) is 13.2 Å². The van der Waals surface area contributed by atoms with Crippen molar-refractivity contribution in [3.05, 3.63) is 35.4 Å². The second kappa shape index (κ2) is 8.75. The lowest BCUT2D eigenvalue weighted by Gasteiger charge is -2.12. The average molecular weight is 318 g/mol. The van der Waals surface area contributed by atoms with Crippen LogP contribution in [-0.4, -0.2) is 24.7 Å². The third kappa shape index (κ3) is 7.42. The van der Waals surface area contributed by atoms with E-state index >= 15 is 0 Å². The Hall–Kier alpha value is -1.60. The van der Waals surface area contributed by atoms with Crippen molar-refractivity contribution in [2.45, 2.75) is 45.1 Å². The van der Waals surface area contributed by atoms with Gasteiger partial charge in [0.15, 0.2) is 0 Å². The number of nitrogens with two attached hydrogens (primary N) is 1. The number of carbonyl (C=O) groups excluding carboxylic acids is 1. The number of rotatable bonds is 8. The van der Waals surface area contributed by atoms with Crippen LogP contribution >= 0.6 is 0 Å². The summed E-state index contributed by atoms with van der Waals surface area (Å²) in [4.78, 5) is 11.7. The number of ether oxygens (including phenoxy) is 1. The Morgan fingerprint density at radius 2 is 2.05 bits per heavy atom. The molecule has 1 aromatic rings. The molecule has 0 heterocycles. The molecule has 0 aliphatic carbocycles. The molecule has 1 rings (SSSR count). The van der Waals surface area contributed by atoms with Crippen LogP contribution in [-0.2, 0) is 22.7 Å². The van der Waals surface area contributed by atoms with Crippen molar-refractivity contribution in [3.63, 3.8) is 0 Å². The minimum absolute atomic E-state index is 0.128. The maximum atomic E-state index is 12.0. The largest absolute Gasteiger partial charge is 0.411 e. The Bertz CT molecular complexity index is 478. The summed E-state index contributed by atoms with van der Waals surface area (Å²) < 4.78 is 40.6. The maximum absolute atomic E-state index is 12.0. The zero-order valence-electron chi connectivity index (χ0n) is 12.5. The Labute approximate surface area is 127 Å². The lowest BCUT2D eigenvalue weighted by atomic mass is 10.1. The van der Waals surface area contributed by atoms with Crippen molar-refractivity contribution in [1.82, 2.24) is 5.32 Å². The molecule has 22 heavy (non-hydrogen) atoms. The molecule has 1 unspecified atom stereocenters. The predicted octanol–water partition coefficient (Wildman–Crippen LogP) is 2.51. The first-order valence-electron chi connectivity index (χ1n) is 7.07. The molecule has 0 spiro atoms. The van der Waals surface area contributed by atoms with Crippen LogP contribution in [0, 0.1) is 0 Å². The molecule has 1 atom stereocenters. The van der Waals surface area contributed by atoms with Gasteiger partial charge < -0.3 is 15.8 Å². The monoisotopic (exact) mass is 318 g/mol. The summed E-state index contributed by atoms with van der Waals surface area (Å²) in [7, 11) is 0. The van der Waals surface area contributed by atoms with Gasteiger partial charge in [-0.1, -0.05) is 37.6 Å². The molecule has 0 saturated heterocycles. The molecular formula is C15H21F3N2O2. The van der Waals surface area contributed by atoms with E-state index in [1.165, 1.54) is 0 Å². The highest BCUT2D eigenvalue weighted by atomic mass is 19.4. The summed E-state index contributed by atoms with van der Waals surface area (Å²) in [6.07, 6.45) is -2.90. The number of amides is 1. The highest BCUT2D eigenvalue weighted by Crippen LogP contribution is 2.16. The van der Waals surface area contributed by atoms with E-state index in [1.54, 1.807) is 24.3 Å². The predicted molar refractivity (Wildman–Crippen MR) is 76.9 cm³/mol. The van der Waals surface area contributed by atoms with Crippen LogP contribution < -0.4 is 11.1 Å². The van der Waals surface area contributed by atoms with Gasteiger partial charge in [-0.15, -0.1) is 0 Å². The fourth-order valence-corrected chi connectivity index (χ4v) is 1.88. The van der Waals surface area contributed by atoms with E-state index in [0.29, 0.717) is 12.0 Å². The van der Waals surface area contributed by atoms with Gasteiger partial charge in [0.25, 0.3) is 0 Å². The van der Waals surface area contributed by atoms with Crippen molar-refractivity contribution in [3.8, 4) is 0 Å². The van der Waals surface area contributed by atoms with Crippen LogP contribution in [0.4, 0.5) is 13.2 Å². The molecule has 0 aliphatic heterocycles. The second-order valence-electron chi connectivity index (χ2n) is 5.04. The summed E-state index contributed by atoms with van der Waals surface area (Å²) in [5.41, 5.74) is 7.09. The number of benzene rings is 1. The molecule has 0 aliphatic rings. The third-order valence-corrected chi connectivity index (χ3v) is 2.93. The summed E-state index contributed by atoms with van der Waals surface area (Å²) in [6, 6.07) is 6.31. The molecule has 7 heteroatoms. The minimum Gasteiger partial charge on any atom is -0.367 e. The van der Waals surface area contributed by atoms with Crippen LogP contribution in [0.1, 0.15) is 30.9 Å². The molecular weight excluding hydrogens is 297 g/mol. The van der Waals surface area contributed by atoms with Gasteiger partial charge in [-0.05, 0) is 17.5 Å². The number of carbonyl (C=O) groups is 1. The zero-order valence-corrected chi connectivity index (χ0v) is 12.5. The van der Waals surface area contributed by atoms with Crippen LogP contribution in [0.2, 0.25) is 0 Å². The molecule has 0 bridgehead atoms. The molecule has 124 valence electrons. The smallest absolute Gasteiger partial charge is 0.367 e. The van der Waals surface area contributed by atoms with Gasteiger partial charge in [0, 0.05) is 6.54 Å². The molecule has 4 nitrogen and oxygen atoms in total. The summed E-state index contributed by atoms with van der Waals surface area (Å²) in [5.74, 6) is -0.236. The summed E-state index contributed by atoms with van der Waals surface area (Å²) in [5, 5.41) is 2.71. The average Bonchev–Trinajstić information content (AvgIpc) is 2.44. The van der Waals surface area contributed by atoms with E-state index < -0.39 is 18.8 Å². The molecule has 1 amide bonds. The second-order valence-corrected chi connectivity index (χ2v) is 5.04. The quantitative estimate of drug-likeness (QED) is 0.774. The number of hydrogen-bond acceptors (Lipinski definition) is 3. The lowest BCUT2D eigenvalue weighted by molar-refractivity contribution is -0.176. The molecule has 1 aromatic carbocycles. The molecule has 3 N–H and O–H groups in total. The standard InChI is InChI=1S/C15H21F3N2O2/c1-2-4-13(19)14(21)20-8-11-5-3-6-12(7-11)9-22-10-15(16,17)18/h3,5-7,13H,2,4,8-10,19H2,1H3,(H,20,21). The Morgan fingerprint density at radius 1 is 1.36 bits per heavy atom. The number of hydrogen-bond donors (Lipinski definition) is 2. The van der Waals surface area contributed by atoms with E-state index in [1.807, 2.05) is 6.92 Å². The Balaban J connectivity index is 2.45. The van der Waals surface area contributed by atoms with Crippen LogP contribution in [0.15, 0.2) is 24.3 Å². The fourth-order valence-electron chi connectivity index (χ4n) is 1.88. The molecule has 0 fully saturated rings. The maximum Gasteiger partial charge on any atom is 0.411 e. The number of nitrogens with one attached hydrogen (secondary N) is 1. The van der Waals surface area contributed by atoms with E-state index in [-0.39, 0.29) is 19.1 Å².